The fraction of sp³-hybridized carbons (Fsp3) is 0.154. The molecule has 0 spiro atoms. The van der Waals surface area contributed by atoms with Gasteiger partial charge in [0.2, 0.25) is 0 Å². The van der Waals surface area contributed by atoms with Gasteiger partial charge in [0.1, 0.15) is 5.82 Å². The number of nitrogens with zero attached hydrogens (tertiary/aromatic N) is 1. The average Bonchev–Trinajstić information content (AvgIpc) is 2.30. The van der Waals surface area contributed by atoms with E-state index in [0.29, 0.717) is 0 Å². The third-order valence-electron chi connectivity index (χ3n) is 2.26. The number of rotatable bonds is 4. The van der Waals surface area contributed by atoms with E-state index < -0.39 is 0 Å². The Morgan fingerprint density at radius 2 is 2.06 bits per heavy atom. The largest absolute Gasteiger partial charge is 0.385 e. The normalized spacial score (nSPS) is 10.1. The van der Waals surface area contributed by atoms with Crippen LogP contribution in [0.2, 0.25) is 0 Å². The molecule has 3 heteroatoms. The minimum Gasteiger partial charge on any atom is -0.385 e. The molecule has 0 aliphatic rings. The maximum Gasteiger partial charge on any atom is 0.125 e. The van der Waals surface area contributed by atoms with Crippen molar-refractivity contribution in [3.05, 3.63) is 60.2 Å². The standard InChI is InChI=1S/C13H13FN2/c14-11-4-3-6-13(10-11)16-9-7-12-5-1-2-8-15-12/h1-6,8,10,16H,7,9H2. The lowest BCUT2D eigenvalue weighted by Crippen LogP contribution is -2.05. The van der Waals surface area contributed by atoms with Crippen LogP contribution in [0, 0.1) is 5.82 Å². The third-order valence-corrected chi connectivity index (χ3v) is 2.26. The molecule has 0 bridgehead atoms. The highest BCUT2D eigenvalue weighted by atomic mass is 19.1. The molecule has 1 aromatic heterocycles. The molecule has 0 aliphatic carbocycles. The van der Waals surface area contributed by atoms with E-state index in [9.17, 15) is 4.39 Å². The predicted octanol–water partition coefficient (Wildman–Crippen LogP) is 2.88. The van der Waals surface area contributed by atoms with Crippen LogP contribution in [0.5, 0.6) is 0 Å². The summed E-state index contributed by atoms with van der Waals surface area (Å²) in [7, 11) is 0. The Balaban J connectivity index is 1.85. The second kappa shape index (κ2) is 5.26. The summed E-state index contributed by atoms with van der Waals surface area (Å²) in [6.45, 7) is 0.750. The number of anilines is 1. The maximum absolute atomic E-state index is 12.9. The molecular weight excluding hydrogens is 203 g/mol. The fourth-order valence-corrected chi connectivity index (χ4v) is 1.48. The molecule has 1 aromatic carbocycles. The highest BCUT2D eigenvalue weighted by Crippen LogP contribution is 2.08. The van der Waals surface area contributed by atoms with Crippen LogP contribution in [0.25, 0.3) is 0 Å². The van der Waals surface area contributed by atoms with Crippen LogP contribution in [0.15, 0.2) is 48.7 Å². The smallest absolute Gasteiger partial charge is 0.125 e. The van der Waals surface area contributed by atoms with Gasteiger partial charge in [0, 0.05) is 30.5 Å². The van der Waals surface area contributed by atoms with Gasteiger partial charge in [0.25, 0.3) is 0 Å². The molecule has 0 unspecified atom stereocenters. The summed E-state index contributed by atoms with van der Waals surface area (Å²) in [6, 6.07) is 12.3. The first kappa shape index (κ1) is 10.6. The van der Waals surface area contributed by atoms with E-state index in [2.05, 4.69) is 10.3 Å². The minimum atomic E-state index is -0.220. The van der Waals surface area contributed by atoms with Crippen molar-refractivity contribution in [3.63, 3.8) is 0 Å². The third kappa shape index (κ3) is 3.05. The van der Waals surface area contributed by atoms with Gasteiger partial charge < -0.3 is 5.32 Å². The molecule has 0 amide bonds. The second-order valence-electron chi connectivity index (χ2n) is 3.51. The highest BCUT2D eigenvalue weighted by molar-refractivity contribution is 5.43. The maximum atomic E-state index is 12.9. The van der Waals surface area contributed by atoms with Crippen molar-refractivity contribution < 1.29 is 4.39 Å². The quantitative estimate of drug-likeness (QED) is 0.850. The van der Waals surface area contributed by atoms with Gasteiger partial charge in [0.05, 0.1) is 0 Å². The van der Waals surface area contributed by atoms with Crippen LogP contribution < -0.4 is 5.32 Å². The Hall–Kier alpha value is -1.90. The van der Waals surface area contributed by atoms with E-state index in [-0.39, 0.29) is 5.82 Å². The summed E-state index contributed by atoms with van der Waals surface area (Å²) in [5.41, 5.74) is 1.84. The van der Waals surface area contributed by atoms with Gasteiger partial charge in [-0.15, -0.1) is 0 Å². The highest BCUT2D eigenvalue weighted by Gasteiger charge is 1.95. The predicted molar refractivity (Wildman–Crippen MR) is 62.8 cm³/mol. The average molecular weight is 216 g/mol. The zero-order valence-corrected chi connectivity index (χ0v) is 8.86. The number of hydrogen-bond acceptors (Lipinski definition) is 2. The van der Waals surface area contributed by atoms with Crippen molar-refractivity contribution in [3.8, 4) is 0 Å². The molecule has 16 heavy (non-hydrogen) atoms. The van der Waals surface area contributed by atoms with Gasteiger partial charge in [-0.05, 0) is 30.3 Å². The number of pyridine rings is 1. The Morgan fingerprint density at radius 3 is 2.81 bits per heavy atom. The first-order valence-electron chi connectivity index (χ1n) is 5.24. The number of hydrogen-bond donors (Lipinski definition) is 1. The van der Waals surface area contributed by atoms with Gasteiger partial charge in [-0.3, -0.25) is 4.98 Å². The number of halogens is 1. The van der Waals surface area contributed by atoms with Crippen LogP contribution in [0.3, 0.4) is 0 Å². The minimum absolute atomic E-state index is 0.220. The van der Waals surface area contributed by atoms with Gasteiger partial charge in [-0.2, -0.15) is 0 Å². The van der Waals surface area contributed by atoms with Crippen molar-refractivity contribution in [1.29, 1.82) is 0 Å². The van der Waals surface area contributed by atoms with Crippen LogP contribution in [0.4, 0.5) is 10.1 Å². The van der Waals surface area contributed by atoms with Gasteiger partial charge in [-0.25, -0.2) is 4.39 Å². The Labute approximate surface area is 94.2 Å². The zero-order valence-electron chi connectivity index (χ0n) is 8.86. The van der Waals surface area contributed by atoms with Gasteiger partial charge >= 0.3 is 0 Å². The first-order valence-corrected chi connectivity index (χ1v) is 5.24. The van der Waals surface area contributed by atoms with Crippen molar-refractivity contribution in [2.75, 3.05) is 11.9 Å². The topological polar surface area (TPSA) is 24.9 Å². The SMILES string of the molecule is Fc1cccc(NCCc2ccccn2)c1. The summed E-state index contributed by atoms with van der Waals surface area (Å²) < 4.78 is 12.9. The molecular formula is C13H13FN2. The molecule has 2 aromatic rings. The number of nitrogens with one attached hydrogen (secondary N) is 1. The van der Waals surface area contributed by atoms with Crippen molar-refractivity contribution in [2.45, 2.75) is 6.42 Å². The fourth-order valence-electron chi connectivity index (χ4n) is 1.48. The number of benzene rings is 1. The molecule has 1 N–H and O–H groups in total. The van der Waals surface area contributed by atoms with E-state index in [4.69, 9.17) is 0 Å². The Morgan fingerprint density at radius 1 is 1.12 bits per heavy atom. The van der Waals surface area contributed by atoms with Crippen molar-refractivity contribution in [2.24, 2.45) is 0 Å². The summed E-state index contributed by atoms with van der Waals surface area (Å²) in [4.78, 5) is 4.21. The lowest BCUT2D eigenvalue weighted by atomic mass is 10.2. The van der Waals surface area contributed by atoms with E-state index in [0.717, 1.165) is 24.3 Å². The first-order chi connectivity index (χ1) is 7.84. The van der Waals surface area contributed by atoms with Gasteiger partial charge in [0.15, 0.2) is 0 Å². The molecule has 0 fully saturated rings. The molecule has 0 saturated carbocycles. The molecule has 0 aliphatic heterocycles. The van der Waals surface area contributed by atoms with Crippen molar-refractivity contribution >= 4 is 5.69 Å². The Kier molecular flexibility index (Phi) is 3.49. The summed E-state index contributed by atoms with van der Waals surface area (Å²) >= 11 is 0. The monoisotopic (exact) mass is 216 g/mol. The van der Waals surface area contributed by atoms with E-state index >= 15 is 0 Å². The molecule has 82 valence electrons. The molecule has 0 saturated heterocycles. The van der Waals surface area contributed by atoms with Crippen molar-refractivity contribution in [1.82, 2.24) is 4.98 Å². The van der Waals surface area contributed by atoms with Gasteiger partial charge in [-0.1, -0.05) is 12.1 Å². The lowest BCUT2D eigenvalue weighted by Gasteiger charge is -2.05. The summed E-state index contributed by atoms with van der Waals surface area (Å²) in [5.74, 6) is -0.220. The van der Waals surface area contributed by atoms with Crippen LogP contribution >= 0.6 is 0 Å². The second-order valence-corrected chi connectivity index (χ2v) is 3.51. The van der Waals surface area contributed by atoms with E-state index in [1.165, 1.54) is 12.1 Å². The van der Waals surface area contributed by atoms with E-state index in [1.807, 2.05) is 24.3 Å². The lowest BCUT2D eigenvalue weighted by molar-refractivity contribution is 0.628. The molecule has 2 nitrogen and oxygen atoms in total. The van der Waals surface area contributed by atoms with Crippen LogP contribution in [0.1, 0.15) is 5.69 Å². The summed E-state index contributed by atoms with van der Waals surface area (Å²) in [6.07, 6.45) is 2.61. The molecule has 0 radical (unpaired) electrons. The van der Waals surface area contributed by atoms with E-state index in [1.54, 1.807) is 12.3 Å². The van der Waals surface area contributed by atoms with Crippen LogP contribution in [-0.2, 0) is 6.42 Å². The molecule has 1 heterocycles. The molecule has 2 rings (SSSR count). The summed E-state index contributed by atoms with van der Waals surface area (Å²) in [5, 5.41) is 3.15. The number of aromatic nitrogens is 1. The molecule has 0 atom stereocenters. The van der Waals surface area contributed by atoms with Crippen LogP contribution in [-0.4, -0.2) is 11.5 Å². The zero-order chi connectivity index (χ0) is 11.2. The Bertz CT molecular complexity index is 443.